The van der Waals surface area contributed by atoms with Crippen LogP contribution in [0, 0.1) is 0 Å². The number of carbonyl (C=O) groups excluding carboxylic acids is 1. The van der Waals surface area contributed by atoms with Crippen molar-refractivity contribution < 1.29 is 13.2 Å². The number of sulfonamides is 1. The molecule has 0 aliphatic rings. The van der Waals surface area contributed by atoms with Crippen molar-refractivity contribution in [3.8, 4) is 0 Å². The molecule has 0 saturated carbocycles. The van der Waals surface area contributed by atoms with E-state index in [1.165, 1.54) is 10.4 Å². The number of nitrogens with zero attached hydrogens (tertiary/aromatic N) is 2. The number of carbonyl (C=O) groups is 1. The summed E-state index contributed by atoms with van der Waals surface area (Å²) >= 11 is 0. The lowest BCUT2D eigenvalue weighted by Gasteiger charge is -2.18. The van der Waals surface area contributed by atoms with Crippen molar-refractivity contribution in [3.63, 3.8) is 0 Å². The number of hydrogen-bond donors (Lipinski definition) is 1. The second-order valence-electron chi connectivity index (χ2n) is 5.94. The molecule has 0 atom stereocenters. The highest BCUT2D eigenvalue weighted by Crippen LogP contribution is 2.16. The van der Waals surface area contributed by atoms with E-state index in [0.29, 0.717) is 19.6 Å². The minimum atomic E-state index is -3.45. The lowest BCUT2D eigenvalue weighted by molar-refractivity contribution is -0.116. The van der Waals surface area contributed by atoms with E-state index in [4.69, 9.17) is 0 Å². The summed E-state index contributed by atoms with van der Waals surface area (Å²) in [5.74, 6) is -0.154. The van der Waals surface area contributed by atoms with E-state index in [-0.39, 0.29) is 10.8 Å². The van der Waals surface area contributed by atoms with E-state index < -0.39 is 10.0 Å². The monoisotopic (exact) mass is 367 g/mol. The third kappa shape index (κ3) is 6.97. The minimum absolute atomic E-state index is 0.154. The zero-order valence-electron chi connectivity index (χ0n) is 15.5. The summed E-state index contributed by atoms with van der Waals surface area (Å²) in [5.41, 5.74) is 0.780. The van der Waals surface area contributed by atoms with Gasteiger partial charge in [-0.15, -0.1) is 0 Å². The number of benzene rings is 1. The minimum Gasteiger partial charge on any atom is -0.353 e. The first-order chi connectivity index (χ1) is 11.8. The van der Waals surface area contributed by atoms with E-state index in [2.05, 4.69) is 10.2 Å². The van der Waals surface area contributed by atoms with E-state index in [9.17, 15) is 13.2 Å². The zero-order chi connectivity index (χ0) is 18.9. The van der Waals surface area contributed by atoms with Crippen LogP contribution in [0.4, 0.5) is 0 Å². The maximum Gasteiger partial charge on any atom is 0.243 e. The predicted octanol–water partition coefficient (Wildman–Crippen LogP) is 1.80. The molecular weight excluding hydrogens is 338 g/mol. The highest BCUT2D eigenvalue weighted by Gasteiger charge is 2.20. The van der Waals surface area contributed by atoms with Crippen LogP contribution in [0.5, 0.6) is 0 Å². The zero-order valence-corrected chi connectivity index (χ0v) is 16.3. The smallest absolute Gasteiger partial charge is 0.243 e. The molecule has 0 unspecified atom stereocenters. The summed E-state index contributed by atoms with van der Waals surface area (Å²) in [4.78, 5) is 14.1. The summed E-state index contributed by atoms with van der Waals surface area (Å²) in [5, 5.41) is 2.82. The van der Waals surface area contributed by atoms with Gasteiger partial charge in [0.1, 0.15) is 0 Å². The second-order valence-corrected chi connectivity index (χ2v) is 7.88. The molecule has 1 rings (SSSR count). The largest absolute Gasteiger partial charge is 0.353 e. The standard InChI is InChI=1S/C18H29N3O3S/c1-5-21(6-2)25(23,24)17-11-8-16(9-12-17)10-13-18(22)19-14-7-15-20(3)4/h8-13H,5-7,14-15H2,1-4H3,(H,19,22)/b13-10+. The molecule has 7 heteroatoms. The van der Waals surface area contributed by atoms with Crippen molar-refractivity contribution >= 4 is 22.0 Å². The molecule has 0 saturated heterocycles. The Bertz CT molecular complexity index is 663. The van der Waals surface area contributed by atoms with Crippen LogP contribution in [0.15, 0.2) is 35.2 Å². The summed E-state index contributed by atoms with van der Waals surface area (Å²) in [6.07, 6.45) is 4.03. The van der Waals surface area contributed by atoms with Crippen molar-refractivity contribution in [1.29, 1.82) is 0 Å². The summed E-state index contributed by atoms with van der Waals surface area (Å²) in [7, 11) is 0.539. The Morgan fingerprint density at radius 2 is 1.72 bits per heavy atom. The molecule has 25 heavy (non-hydrogen) atoms. The molecule has 0 aliphatic carbocycles. The van der Waals surface area contributed by atoms with E-state index in [0.717, 1.165) is 18.5 Å². The van der Waals surface area contributed by atoms with Gasteiger partial charge in [-0.1, -0.05) is 26.0 Å². The van der Waals surface area contributed by atoms with Crippen LogP contribution in [0.25, 0.3) is 6.08 Å². The molecule has 0 heterocycles. The lowest BCUT2D eigenvalue weighted by Crippen LogP contribution is -2.30. The molecule has 0 spiro atoms. The van der Waals surface area contributed by atoms with E-state index in [1.54, 1.807) is 30.3 Å². The topological polar surface area (TPSA) is 69.7 Å². The van der Waals surface area contributed by atoms with Crippen LogP contribution < -0.4 is 5.32 Å². The molecule has 1 amide bonds. The number of rotatable bonds is 10. The van der Waals surface area contributed by atoms with Gasteiger partial charge in [-0.25, -0.2) is 8.42 Å². The van der Waals surface area contributed by atoms with Crippen molar-refractivity contribution in [2.24, 2.45) is 0 Å². The molecule has 140 valence electrons. The molecule has 0 bridgehead atoms. The van der Waals surface area contributed by atoms with E-state index >= 15 is 0 Å². The van der Waals surface area contributed by atoms with Crippen molar-refractivity contribution in [3.05, 3.63) is 35.9 Å². The van der Waals surface area contributed by atoms with Gasteiger partial charge in [0.15, 0.2) is 0 Å². The Hall–Kier alpha value is -1.70. The molecule has 0 aromatic heterocycles. The first-order valence-electron chi connectivity index (χ1n) is 8.52. The molecule has 0 aliphatic heterocycles. The average molecular weight is 368 g/mol. The summed E-state index contributed by atoms with van der Waals surface area (Å²) in [6, 6.07) is 6.54. The van der Waals surface area contributed by atoms with Crippen molar-refractivity contribution in [2.45, 2.75) is 25.2 Å². The quantitative estimate of drug-likeness (QED) is 0.506. The maximum absolute atomic E-state index is 12.4. The molecule has 1 aromatic rings. The van der Waals surface area contributed by atoms with Crippen LogP contribution in [-0.4, -0.2) is 63.8 Å². The van der Waals surface area contributed by atoms with Gasteiger partial charge in [0, 0.05) is 25.7 Å². The highest BCUT2D eigenvalue weighted by atomic mass is 32.2. The summed E-state index contributed by atoms with van der Waals surface area (Å²) < 4.78 is 26.2. The van der Waals surface area contributed by atoms with Gasteiger partial charge in [-0.05, 0) is 50.8 Å². The Morgan fingerprint density at radius 1 is 1.12 bits per heavy atom. The Labute approximate surface area is 151 Å². The van der Waals surface area contributed by atoms with Gasteiger partial charge < -0.3 is 10.2 Å². The van der Waals surface area contributed by atoms with Crippen LogP contribution in [-0.2, 0) is 14.8 Å². The molecule has 0 fully saturated rings. The fraction of sp³-hybridized carbons (Fsp3) is 0.500. The van der Waals surface area contributed by atoms with Gasteiger partial charge in [0.2, 0.25) is 15.9 Å². The Balaban J connectivity index is 2.63. The number of hydrogen-bond acceptors (Lipinski definition) is 4. The normalized spacial score (nSPS) is 12.2. The first kappa shape index (κ1) is 21.3. The molecule has 0 radical (unpaired) electrons. The Morgan fingerprint density at radius 3 is 2.24 bits per heavy atom. The van der Waals surface area contributed by atoms with Gasteiger partial charge >= 0.3 is 0 Å². The van der Waals surface area contributed by atoms with E-state index in [1.807, 2.05) is 27.9 Å². The number of nitrogens with one attached hydrogen (secondary N) is 1. The van der Waals surface area contributed by atoms with Crippen molar-refractivity contribution in [1.82, 2.24) is 14.5 Å². The second kappa shape index (κ2) is 10.3. The first-order valence-corrected chi connectivity index (χ1v) is 9.96. The third-order valence-electron chi connectivity index (χ3n) is 3.73. The molecule has 1 N–H and O–H groups in total. The molecule has 6 nitrogen and oxygen atoms in total. The third-order valence-corrected chi connectivity index (χ3v) is 5.80. The van der Waals surface area contributed by atoms with Crippen LogP contribution >= 0.6 is 0 Å². The lowest BCUT2D eigenvalue weighted by atomic mass is 10.2. The fourth-order valence-corrected chi connectivity index (χ4v) is 3.76. The van der Waals surface area contributed by atoms with Gasteiger partial charge in [0.25, 0.3) is 0 Å². The van der Waals surface area contributed by atoms with Crippen LogP contribution in [0.1, 0.15) is 25.8 Å². The fourth-order valence-electron chi connectivity index (χ4n) is 2.30. The summed E-state index contributed by atoms with van der Waals surface area (Å²) in [6.45, 7) is 6.06. The predicted molar refractivity (Wildman–Crippen MR) is 102 cm³/mol. The van der Waals surface area contributed by atoms with Gasteiger partial charge in [0.05, 0.1) is 4.90 Å². The molecular formula is C18H29N3O3S. The Kier molecular flexibility index (Phi) is 8.82. The van der Waals surface area contributed by atoms with Crippen molar-refractivity contribution in [2.75, 3.05) is 40.3 Å². The van der Waals surface area contributed by atoms with Crippen LogP contribution in [0.3, 0.4) is 0 Å². The van der Waals surface area contributed by atoms with Gasteiger partial charge in [-0.3, -0.25) is 4.79 Å². The average Bonchev–Trinajstić information content (AvgIpc) is 2.58. The maximum atomic E-state index is 12.4. The number of amides is 1. The highest BCUT2D eigenvalue weighted by molar-refractivity contribution is 7.89. The SMILES string of the molecule is CCN(CC)S(=O)(=O)c1ccc(/C=C/C(=O)NCCCN(C)C)cc1. The van der Waals surface area contributed by atoms with Gasteiger partial charge in [-0.2, -0.15) is 4.31 Å². The van der Waals surface area contributed by atoms with Crippen LogP contribution in [0.2, 0.25) is 0 Å². The molecule has 1 aromatic carbocycles.